The third-order valence-corrected chi connectivity index (χ3v) is 1.94. The molecule has 0 saturated heterocycles. The topological polar surface area (TPSA) is 114 Å². The Morgan fingerprint density at radius 3 is 2.38 bits per heavy atom. The van der Waals surface area contributed by atoms with Crippen molar-refractivity contribution < 1.29 is 0 Å². The predicted octanol–water partition coefficient (Wildman–Crippen LogP) is 0.0418. The highest BCUT2D eigenvalue weighted by Gasteiger charge is 2.01. The second-order valence-corrected chi connectivity index (χ2v) is 3.15. The highest BCUT2D eigenvalue weighted by Crippen LogP contribution is 2.14. The van der Waals surface area contributed by atoms with Gasteiger partial charge in [0, 0.05) is 12.2 Å². The van der Waals surface area contributed by atoms with E-state index in [2.05, 4.69) is 15.0 Å². The fraction of sp³-hybridized carbons (Fsp3) is 0.333. The fourth-order valence-electron chi connectivity index (χ4n) is 0.641. The Kier molecular flexibility index (Phi) is 3.28. The molecule has 7 heteroatoms. The van der Waals surface area contributed by atoms with Gasteiger partial charge in [0.2, 0.25) is 11.9 Å². The summed E-state index contributed by atoms with van der Waals surface area (Å²) in [5.41, 5.74) is 10.7. The van der Waals surface area contributed by atoms with Crippen LogP contribution in [0.1, 0.15) is 6.42 Å². The van der Waals surface area contributed by atoms with E-state index >= 15 is 0 Å². The number of nitrogen functional groups attached to an aromatic ring is 2. The number of anilines is 2. The number of hydrogen-bond acceptors (Lipinski definition) is 7. The highest BCUT2D eigenvalue weighted by atomic mass is 32.2. The van der Waals surface area contributed by atoms with Gasteiger partial charge in [-0.25, -0.2) is 0 Å². The molecule has 0 fully saturated rings. The van der Waals surface area contributed by atoms with Crippen LogP contribution in [0.3, 0.4) is 0 Å². The summed E-state index contributed by atoms with van der Waals surface area (Å²) in [6.07, 6.45) is 0.441. The first kappa shape index (κ1) is 9.54. The van der Waals surface area contributed by atoms with Crippen molar-refractivity contribution in [3.8, 4) is 6.07 Å². The van der Waals surface area contributed by atoms with Gasteiger partial charge in [-0.15, -0.1) is 0 Å². The molecule has 0 spiro atoms. The van der Waals surface area contributed by atoms with Crippen molar-refractivity contribution in [1.29, 1.82) is 5.26 Å². The van der Waals surface area contributed by atoms with Crippen LogP contribution in [0, 0.1) is 11.3 Å². The second kappa shape index (κ2) is 4.47. The van der Waals surface area contributed by atoms with Crippen molar-refractivity contribution in [3.05, 3.63) is 0 Å². The summed E-state index contributed by atoms with van der Waals surface area (Å²) in [6.45, 7) is 0. The molecule has 0 aliphatic rings. The van der Waals surface area contributed by atoms with Crippen molar-refractivity contribution in [2.75, 3.05) is 17.2 Å². The molecule has 0 saturated carbocycles. The lowest BCUT2D eigenvalue weighted by atomic mass is 10.6. The van der Waals surface area contributed by atoms with Gasteiger partial charge in [0.25, 0.3) is 0 Å². The second-order valence-electron chi connectivity index (χ2n) is 2.09. The lowest BCUT2D eigenvalue weighted by molar-refractivity contribution is 0.928. The molecule has 1 rings (SSSR count). The van der Waals surface area contributed by atoms with Crippen LogP contribution < -0.4 is 11.5 Å². The normalized spacial score (nSPS) is 9.46. The first-order valence-electron chi connectivity index (χ1n) is 3.49. The molecule has 0 amide bonds. The molecule has 0 aromatic carbocycles. The number of hydrogen-bond donors (Lipinski definition) is 2. The van der Waals surface area contributed by atoms with E-state index < -0.39 is 0 Å². The molecule has 0 bridgehead atoms. The summed E-state index contributed by atoms with van der Waals surface area (Å²) in [5.74, 6) is 0.832. The van der Waals surface area contributed by atoms with E-state index in [-0.39, 0.29) is 11.9 Å². The minimum atomic E-state index is 0.104. The Morgan fingerprint density at radius 2 is 1.85 bits per heavy atom. The zero-order chi connectivity index (χ0) is 9.68. The molecule has 0 aliphatic heterocycles. The SMILES string of the molecule is N#CCCSc1nc(N)nc(N)n1. The van der Waals surface area contributed by atoms with Gasteiger partial charge in [0.1, 0.15) is 0 Å². The summed E-state index contributed by atoms with van der Waals surface area (Å²) in [4.78, 5) is 11.3. The van der Waals surface area contributed by atoms with Crippen molar-refractivity contribution in [2.24, 2.45) is 0 Å². The Balaban J connectivity index is 2.62. The predicted molar refractivity (Wildman–Crippen MR) is 49.6 cm³/mol. The Bertz CT molecular complexity index is 312. The van der Waals surface area contributed by atoms with E-state index in [0.29, 0.717) is 17.3 Å². The van der Waals surface area contributed by atoms with Crippen LogP contribution in [0.15, 0.2) is 5.16 Å². The minimum Gasteiger partial charge on any atom is -0.368 e. The van der Waals surface area contributed by atoms with Gasteiger partial charge in [0.15, 0.2) is 5.16 Å². The zero-order valence-electron chi connectivity index (χ0n) is 6.77. The Labute approximate surface area is 79.4 Å². The largest absolute Gasteiger partial charge is 0.368 e. The monoisotopic (exact) mass is 196 g/mol. The quantitative estimate of drug-likeness (QED) is 0.518. The van der Waals surface area contributed by atoms with Crippen LogP contribution in [-0.2, 0) is 0 Å². The van der Waals surface area contributed by atoms with Gasteiger partial charge in [-0.05, 0) is 0 Å². The van der Waals surface area contributed by atoms with Gasteiger partial charge in [-0.3, -0.25) is 0 Å². The molecule has 1 heterocycles. The van der Waals surface area contributed by atoms with Gasteiger partial charge in [0.05, 0.1) is 6.07 Å². The molecule has 1 aromatic heterocycles. The lowest BCUT2D eigenvalue weighted by Crippen LogP contribution is -2.03. The van der Waals surface area contributed by atoms with Gasteiger partial charge < -0.3 is 11.5 Å². The van der Waals surface area contributed by atoms with Crippen LogP contribution >= 0.6 is 11.8 Å². The number of nitrogens with two attached hydrogens (primary N) is 2. The number of rotatable bonds is 3. The minimum absolute atomic E-state index is 0.104. The van der Waals surface area contributed by atoms with E-state index in [0.717, 1.165) is 0 Å². The summed E-state index contributed by atoms with van der Waals surface area (Å²) in [6, 6.07) is 2.01. The van der Waals surface area contributed by atoms with Gasteiger partial charge >= 0.3 is 0 Å². The van der Waals surface area contributed by atoms with Crippen molar-refractivity contribution >= 4 is 23.7 Å². The Morgan fingerprint density at radius 1 is 1.23 bits per heavy atom. The van der Waals surface area contributed by atoms with E-state index in [1.165, 1.54) is 11.8 Å². The van der Waals surface area contributed by atoms with Crippen molar-refractivity contribution in [2.45, 2.75) is 11.6 Å². The van der Waals surface area contributed by atoms with Crippen LogP contribution in [0.2, 0.25) is 0 Å². The molecule has 6 nitrogen and oxygen atoms in total. The standard InChI is InChI=1S/C6H8N6S/c7-2-1-3-13-6-11-4(8)10-5(9)12-6/h1,3H2,(H4,8,9,10,11,12). The summed E-state index contributed by atoms with van der Waals surface area (Å²) in [5, 5.41) is 8.75. The summed E-state index contributed by atoms with van der Waals surface area (Å²) in [7, 11) is 0. The molecule has 0 radical (unpaired) electrons. The summed E-state index contributed by atoms with van der Waals surface area (Å²) < 4.78 is 0. The average Bonchev–Trinajstić information content (AvgIpc) is 2.03. The Hall–Kier alpha value is -1.55. The van der Waals surface area contributed by atoms with E-state index in [1.807, 2.05) is 6.07 Å². The van der Waals surface area contributed by atoms with Crippen molar-refractivity contribution in [1.82, 2.24) is 15.0 Å². The van der Waals surface area contributed by atoms with E-state index in [9.17, 15) is 0 Å². The van der Waals surface area contributed by atoms with Crippen LogP contribution in [0.5, 0.6) is 0 Å². The van der Waals surface area contributed by atoms with Crippen LogP contribution in [0.4, 0.5) is 11.9 Å². The lowest BCUT2D eigenvalue weighted by Gasteiger charge is -1.98. The van der Waals surface area contributed by atoms with Crippen molar-refractivity contribution in [3.63, 3.8) is 0 Å². The zero-order valence-corrected chi connectivity index (χ0v) is 7.58. The molecule has 4 N–H and O–H groups in total. The molecular weight excluding hydrogens is 188 g/mol. The smallest absolute Gasteiger partial charge is 0.225 e. The first-order chi connectivity index (χ1) is 6.22. The molecule has 0 unspecified atom stereocenters. The van der Waals surface area contributed by atoms with Gasteiger partial charge in [-0.1, -0.05) is 11.8 Å². The molecular formula is C6H8N6S. The van der Waals surface area contributed by atoms with Gasteiger partial charge in [-0.2, -0.15) is 20.2 Å². The highest BCUT2D eigenvalue weighted by molar-refractivity contribution is 7.99. The maximum Gasteiger partial charge on any atom is 0.225 e. The number of aromatic nitrogens is 3. The number of thioether (sulfide) groups is 1. The third-order valence-electron chi connectivity index (χ3n) is 1.09. The molecule has 0 aliphatic carbocycles. The number of nitrogens with zero attached hydrogens (tertiary/aromatic N) is 4. The molecule has 68 valence electrons. The maximum atomic E-state index is 8.29. The first-order valence-corrected chi connectivity index (χ1v) is 4.47. The molecule has 1 aromatic rings. The number of nitriles is 1. The van der Waals surface area contributed by atoms with Crippen LogP contribution in [0.25, 0.3) is 0 Å². The summed E-state index contributed by atoms with van der Waals surface area (Å²) >= 11 is 1.33. The average molecular weight is 196 g/mol. The molecule has 0 atom stereocenters. The molecule has 13 heavy (non-hydrogen) atoms. The van der Waals surface area contributed by atoms with Crippen LogP contribution in [-0.4, -0.2) is 20.7 Å². The van der Waals surface area contributed by atoms with E-state index in [4.69, 9.17) is 16.7 Å². The maximum absolute atomic E-state index is 8.29. The van der Waals surface area contributed by atoms with E-state index in [1.54, 1.807) is 0 Å². The fourth-order valence-corrected chi connectivity index (χ4v) is 1.33. The third kappa shape index (κ3) is 3.13.